The van der Waals surface area contributed by atoms with E-state index in [1.165, 1.54) is 44.3 Å². The summed E-state index contributed by atoms with van der Waals surface area (Å²) in [4.78, 5) is 14.6. The smallest absolute Gasteiger partial charge is 0.224 e. The van der Waals surface area contributed by atoms with Crippen molar-refractivity contribution >= 4 is 5.91 Å². The van der Waals surface area contributed by atoms with Gasteiger partial charge in [0.05, 0.1) is 13.0 Å². The Morgan fingerprint density at radius 2 is 2.00 bits per heavy atom. The maximum absolute atomic E-state index is 12.1. The van der Waals surface area contributed by atoms with Crippen LogP contribution in [0.4, 0.5) is 0 Å². The third kappa shape index (κ3) is 4.96. The Hall–Kier alpha value is -1.55. The number of likely N-dealkylation sites (tertiary alicyclic amines) is 1. The summed E-state index contributed by atoms with van der Waals surface area (Å²) in [6.45, 7) is 5.11. The van der Waals surface area contributed by atoms with Gasteiger partial charge in [-0.25, -0.2) is 0 Å². The fourth-order valence-electron chi connectivity index (χ4n) is 3.49. The topological polar surface area (TPSA) is 41.6 Å². The molecule has 3 rings (SSSR count). The summed E-state index contributed by atoms with van der Waals surface area (Å²) in [7, 11) is 0. The van der Waals surface area contributed by atoms with Crippen molar-refractivity contribution in [3.8, 4) is 5.75 Å². The number of rotatable bonds is 6. The summed E-state index contributed by atoms with van der Waals surface area (Å²) in [5.74, 6) is 1.10. The summed E-state index contributed by atoms with van der Waals surface area (Å²) >= 11 is 0. The van der Waals surface area contributed by atoms with Gasteiger partial charge in [-0.05, 0) is 56.1 Å². The number of benzene rings is 1. The number of carbonyl (C=O) groups excluding carboxylic acids is 1. The molecule has 2 heterocycles. The number of amides is 1. The van der Waals surface area contributed by atoms with Gasteiger partial charge in [-0.15, -0.1) is 0 Å². The van der Waals surface area contributed by atoms with E-state index in [2.05, 4.69) is 16.3 Å². The summed E-state index contributed by atoms with van der Waals surface area (Å²) < 4.78 is 5.50. The zero-order chi connectivity index (χ0) is 15.9. The van der Waals surface area contributed by atoms with Crippen LogP contribution in [0.15, 0.2) is 18.2 Å². The first-order valence-corrected chi connectivity index (χ1v) is 9.05. The molecule has 1 saturated heterocycles. The summed E-state index contributed by atoms with van der Waals surface area (Å²) in [6.07, 6.45) is 7.88. The first kappa shape index (κ1) is 16.3. The Morgan fingerprint density at radius 3 is 2.83 bits per heavy atom. The molecule has 4 nitrogen and oxygen atoms in total. The fraction of sp³-hybridized carbons (Fsp3) is 0.632. The van der Waals surface area contributed by atoms with Crippen LogP contribution in [0, 0.1) is 0 Å². The molecule has 1 aromatic carbocycles. The van der Waals surface area contributed by atoms with Crippen molar-refractivity contribution in [3.63, 3.8) is 0 Å². The van der Waals surface area contributed by atoms with E-state index in [4.69, 9.17) is 4.74 Å². The van der Waals surface area contributed by atoms with E-state index >= 15 is 0 Å². The molecule has 23 heavy (non-hydrogen) atoms. The number of ether oxygens (including phenoxy) is 1. The SMILES string of the molecule is O=C(Cc1ccc2c(c1)CCO2)NCCCN1CCCCCC1. The molecule has 0 saturated carbocycles. The van der Waals surface area contributed by atoms with Crippen molar-refractivity contribution in [2.75, 3.05) is 32.8 Å². The zero-order valence-corrected chi connectivity index (χ0v) is 14.0. The Balaban J connectivity index is 1.35. The highest BCUT2D eigenvalue weighted by atomic mass is 16.5. The molecule has 0 bridgehead atoms. The minimum atomic E-state index is 0.125. The van der Waals surface area contributed by atoms with Gasteiger partial charge in [0.1, 0.15) is 5.75 Å². The highest BCUT2D eigenvalue weighted by Gasteiger charge is 2.13. The summed E-state index contributed by atoms with van der Waals surface area (Å²) in [6, 6.07) is 6.10. The van der Waals surface area contributed by atoms with Crippen LogP contribution in [-0.2, 0) is 17.6 Å². The second-order valence-corrected chi connectivity index (χ2v) is 6.68. The molecule has 0 spiro atoms. The predicted molar refractivity (Wildman–Crippen MR) is 91.9 cm³/mol. The number of fused-ring (bicyclic) bond motifs is 1. The number of hydrogen-bond acceptors (Lipinski definition) is 3. The molecular weight excluding hydrogens is 288 g/mol. The fourth-order valence-corrected chi connectivity index (χ4v) is 3.49. The molecule has 1 aromatic rings. The lowest BCUT2D eigenvalue weighted by Gasteiger charge is -2.19. The number of nitrogens with zero attached hydrogens (tertiary/aromatic N) is 1. The van der Waals surface area contributed by atoms with Gasteiger partial charge in [0.15, 0.2) is 0 Å². The molecule has 1 amide bonds. The van der Waals surface area contributed by atoms with Crippen molar-refractivity contribution in [2.45, 2.75) is 44.9 Å². The molecule has 0 aliphatic carbocycles. The number of hydrogen-bond donors (Lipinski definition) is 1. The van der Waals surface area contributed by atoms with Crippen LogP contribution >= 0.6 is 0 Å². The minimum absolute atomic E-state index is 0.125. The Labute approximate surface area is 139 Å². The van der Waals surface area contributed by atoms with E-state index in [1.54, 1.807) is 0 Å². The number of carbonyl (C=O) groups is 1. The van der Waals surface area contributed by atoms with Gasteiger partial charge in [-0.2, -0.15) is 0 Å². The molecule has 0 aromatic heterocycles. The third-order valence-corrected chi connectivity index (χ3v) is 4.79. The van der Waals surface area contributed by atoms with Gasteiger partial charge >= 0.3 is 0 Å². The average Bonchev–Trinajstić information content (AvgIpc) is 2.86. The summed E-state index contributed by atoms with van der Waals surface area (Å²) in [5, 5.41) is 3.06. The quantitative estimate of drug-likeness (QED) is 0.820. The molecule has 0 atom stereocenters. The Bertz CT molecular complexity index is 522. The predicted octanol–water partition coefficient (Wildman–Crippen LogP) is 2.55. The molecule has 1 N–H and O–H groups in total. The normalized spacial score (nSPS) is 18.1. The lowest BCUT2D eigenvalue weighted by Crippen LogP contribution is -2.31. The molecule has 2 aliphatic rings. The van der Waals surface area contributed by atoms with E-state index < -0.39 is 0 Å². The maximum Gasteiger partial charge on any atom is 0.224 e. The average molecular weight is 316 g/mol. The molecule has 0 radical (unpaired) electrons. The largest absolute Gasteiger partial charge is 0.493 e. The van der Waals surface area contributed by atoms with Crippen LogP contribution in [0.3, 0.4) is 0 Å². The van der Waals surface area contributed by atoms with E-state index in [9.17, 15) is 4.79 Å². The van der Waals surface area contributed by atoms with Crippen molar-refractivity contribution in [1.29, 1.82) is 0 Å². The van der Waals surface area contributed by atoms with Crippen molar-refractivity contribution in [2.24, 2.45) is 0 Å². The third-order valence-electron chi connectivity index (χ3n) is 4.79. The standard InChI is InChI=1S/C19H28N2O2/c22-19(15-16-6-7-18-17(14-16)8-13-23-18)20-9-5-12-21-10-3-1-2-4-11-21/h6-7,14H,1-5,8-13,15H2,(H,20,22). The molecule has 1 fully saturated rings. The van der Waals surface area contributed by atoms with Gasteiger partial charge in [-0.1, -0.05) is 25.0 Å². The molecule has 126 valence electrons. The Morgan fingerprint density at radius 1 is 1.17 bits per heavy atom. The Kier molecular flexibility index (Phi) is 5.92. The van der Waals surface area contributed by atoms with E-state index in [-0.39, 0.29) is 5.91 Å². The van der Waals surface area contributed by atoms with Gasteiger partial charge in [0.2, 0.25) is 5.91 Å². The molecular formula is C19H28N2O2. The second kappa shape index (κ2) is 8.34. The lowest BCUT2D eigenvalue weighted by molar-refractivity contribution is -0.120. The van der Waals surface area contributed by atoms with Crippen LogP contribution in [0.1, 0.15) is 43.2 Å². The lowest BCUT2D eigenvalue weighted by atomic mass is 10.1. The zero-order valence-electron chi connectivity index (χ0n) is 14.0. The summed E-state index contributed by atoms with van der Waals surface area (Å²) in [5.41, 5.74) is 2.32. The van der Waals surface area contributed by atoms with Crippen molar-refractivity contribution in [1.82, 2.24) is 10.2 Å². The van der Waals surface area contributed by atoms with Gasteiger partial charge in [0, 0.05) is 13.0 Å². The maximum atomic E-state index is 12.1. The minimum Gasteiger partial charge on any atom is -0.493 e. The van der Waals surface area contributed by atoms with Crippen LogP contribution in [0.5, 0.6) is 5.75 Å². The first-order valence-electron chi connectivity index (χ1n) is 9.05. The highest BCUT2D eigenvalue weighted by Crippen LogP contribution is 2.25. The van der Waals surface area contributed by atoms with Crippen molar-refractivity contribution < 1.29 is 9.53 Å². The van der Waals surface area contributed by atoms with E-state index in [0.29, 0.717) is 6.42 Å². The van der Waals surface area contributed by atoms with E-state index in [0.717, 1.165) is 43.9 Å². The first-order chi connectivity index (χ1) is 11.3. The van der Waals surface area contributed by atoms with Crippen LogP contribution in [0.25, 0.3) is 0 Å². The molecule has 4 heteroatoms. The highest BCUT2D eigenvalue weighted by molar-refractivity contribution is 5.78. The molecule has 2 aliphatic heterocycles. The monoisotopic (exact) mass is 316 g/mol. The van der Waals surface area contributed by atoms with Gasteiger partial charge < -0.3 is 15.0 Å². The van der Waals surface area contributed by atoms with E-state index in [1.807, 2.05) is 12.1 Å². The van der Waals surface area contributed by atoms with Gasteiger partial charge in [-0.3, -0.25) is 4.79 Å². The second-order valence-electron chi connectivity index (χ2n) is 6.68. The number of nitrogens with one attached hydrogen (secondary N) is 1. The van der Waals surface area contributed by atoms with Crippen LogP contribution in [0.2, 0.25) is 0 Å². The van der Waals surface area contributed by atoms with Gasteiger partial charge in [0.25, 0.3) is 0 Å². The van der Waals surface area contributed by atoms with Crippen LogP contribution in [-0.4, -0.2) is 43.6 Å². The van der Waals surface area contributed by atoms with Crippen LogP contribution < -0.4 is 10.1 Å². The van der Waals surface area contributed by atoms with Crippen molar-refractivity contribution in [3.05, 3.63) is 29.3 Å². The molecule has 0 unspecified atom stereocenters.